The Morgan fingerprint density at radius 3 is 2.61 bits per heavy atom. The van der Waals surface area contributed by atoms with E-state index in [-0.39, 0.29) is 18.2 Å². The third-order valence-corrected chi connectivity index (χ3v) is 5.05. The van der Waals surface area contributed by atoms with E-state index in [1.165, 1.54) is 19.3 Å². The molecule has 5 heteroatoms. The highest BCUT2D eigenvalue weighted by Crippen LogP contribution is 2.36. The van der Waals surface area contributed by atoms with Crippen molar-refractivity contribution in [3.63, 3.8) is 0 Å². The van der Waals surface area contributed by atoms with Gasteiger partial charge in [-0.2, -0.15) is 0 Å². The Morgan fingerprint density at radius 2 is 2.06 bits per heavy atom. The minimum atomic E-state index is -1.94. The van der Waals surface area contributed by atoms with Crippen molar-refractivity contribution >= 4 is 13.8 Å². The second kappa shape index (κ2) is 8.71. The lowest BCUT2D eigenvalue weighted by Gasteiger charge is -2.29. The van der Waals surface area contributed by atoms with Crippen LogP contribution in [-0.4, -0.2) is 30.2 Å². The first-order valence-corrected chi connectivity index (χ1v) is 8.77. The molecule has 106 valence electrons. The summed E-state index contributed by atoms with van der Waals surface area (Å²) in [5, 5.41) is 8.94. The molecule has 1 rings (SSSR count). The number of carbonyl (C=O) groups is 1. The first-order valence-electron chi connectivity index (χ1n) is 6.95. The molecule has 0 heterocycles. The van der Waals surface area contributed by atoms with E-state index in [1.807, 2.05) is 0 Å². The molecule has 18 heavy (non-hydrogen) atoms. The summed E-state index contributed by atoms with van der Waals surface area (Å²) >= 11 is 0. The van der Waals surface area contributed by atoms with Crippen LogP contribution in [0, 0.1) is 11.8 Å². The average Bonchev–Trinajstić information content (AvgIpc) is 2.39. The number of rotatable bonds is 7. The number of aliphatic hydroxyl groups excluding tert-OH is 1. The Balaban J connectivity index is 2.55. The molecule has 1 aliphatic rings. The Kier molecular flexibility index (Phi) is 7.60. The van der Waals surface area contributed by atoms with Crippen LogP contribution in [0.1, 0.15) is 45.4 Å². The van der Waals surface area contributed by atoms with Gasteiger partial charge in [0.05, 0.1) is 13.0 Å². The number of hydrogen-bond acceptors (Lipinski definition) is 4. The zero-order chi connectivity index (χ0) is 13.4. The number of hydrogen-bond donors (Lipinski definition) is 1. The largest absolute Gasteiger partial charge is 0.466 e. The highest BCUT2D eigenvalue weighted by atomic mass is 31.1. The molecule has 1 saturated carbocycles. The van der Waals surface area contributed by atoms with Gasteiger partial charge in [0.1, 0.15) is 7.80 Å². The van der Waals surface area contributed by atoms with Crippen LogP contribution in [-0.2, 0) is 14.1 Å². The number of esters is 1. The Morgan fingerprint density at radius 1 is 1.39 bits per heavy atom. The van der Waals surface area contributed by atoms with Crippen LogP contribution in [0.5, 0.6) is 0 Å². The molecule has 0 spiro atoms. The van der Waals surface area contributed by atoms with Crippen molar-refractivity contribution < 1.29 is 19.2 Å². The molecular formula is C13H25O4P. The Bertz CT molecular complexity index is 274. The van der Waals surface area contributed by atoms with Crippen molar-refractivity contribution in [2.75, 3.05) is 19.1 Å². The van der Waals surface area contributed by atoms with Crippen LogP contribution in [0.2, 0.25) is 0 Å². The average molecular weight is 276 g/mol. The van der Waals surface area contributed by atoms with Crippen molar-refractivity contribution in [1.29, 1.82) is 0 Å². The molecule has 0 aromatic heterocycles. The minimum absolute atomic E-state index is 0.128. The fourth-order valence-corrected chi connectivity index (χ4v) is 3.99. The zero-order valence-corrected chi connectivity index (χ0v) is 12.2. The van der Waals surface area contributed by atoms with Crippen LogP contribution >= 0.6 is 7.80 Å². The van der Waals surface area contributed by atoms with Crippen molar-refractivity contribution in [2.45, 2.75) is 45.4 Å². The molecule has 1 N–H and O–H groups in total. The molecule has 0 amide bonds. The van der Waals surface area contributed by atoms with Crippen LogP contribution in [0.15, 0.2) is 0 Å². The molecule has 2 unspecified atom stereocenters. The van der Waals surface area contributed by atoms with Gasteiger partial charge in [0.2, 0.25) is 0 Å². The molecule has 0 saturated heterocycles. The molecule has 2 atom stereocenters. The third kappa shape index (κ3) is 5.53. The molecule has 0 aromatic rings. The van der Waals surface area contributed by atoms with Crippen molar-refractivity contribution in [2.24, 2.45) is 11.8 Å². The van der Waals surface area contributed by atoms with Crippen molar-refractivity contribution in [3.8, 4) is 0 Å². The SMILES string of the molecule is CCOC(=O)CC(C[PH](=O)CO)C1CCCCC1. The van der Waals surface area contributed by atoms with Gasteiger partial charge in [-0.25, -0.2) is 0 Å². The van der Waals surface area contributed by atoms with Gasteiger partial charge in [-0.1, -0.05) is 32.1 Å². The van der Waals surface area contributed by atoms with E-state index in [9.17, 15) is 9.36 Å². The smallest absolute Gasteiger partial charge is 0.306 e. The third-order valence-electron chi connectivity index (χ3n) is 3.72. The molecule has 0 aromatic carbocycles. The van der Waals surface area contributed by atoms with Crippen LogP contribution in [0.4, 0.5) is 0 Å². The molecular weight excluding hydrogens is 251 g/mol. The lowest BCUT2D eigenvalue weighted by molar-refractivity contribution is -0.144. The van der Waals surface area contributed by atoms with Crippen molar-refractivity contribution in [3.05, 3.63) is 0 Å². The zero-order valence-electron chi connectivity index (χ0n) is 11.2. The predicted molar refractivity (Wildman–Crippen MR) is 72.3 cm³/mol. The van der Waals surface area contributed by atoms with Gasteiger partial charge in [-0.05, 0) is 18.8 Å². The second-order valence-corrected chi connectivity index (χ2v) is 6.87. The standard InChI is InChI=1S/C13H25O4P/c1-2-17-13(15)8-12(9-18(16)10-14)11-6-4-3-5-7-11/h11-12,14,18H,2-10H2,1H3. The first-order chi connectivity index (χ1) is 8.67. The van der Waals surface area contributed by atoms with Gasteiger partial charge >= 0.3 is 5.97 Å². The summed E-state index contributed by atoms with van der Waals surface area (Å²) in [5.41, 5.74) is 0. The van der Waals surface area contributed by atoms with Gasteiger partial charge in [0.15, 0.2) is 0 Å². The van der Waals surface area contributed by atoms with Gasteiger partial charge in [0.25, 0.3) is 0 Å². The predicted octanol–water partition coefficient (Wildman–Crippen LogP) is 2.65. The summed E-state index contributed by atoms with van der Waals surface area (Å²) in [5.74, 6) is 0.410. The molecule has 4 nitrogen and oxygen atoms in total. The van der Waals surface area contributed by atoms with Crippen molar-refractivity contribution in [1.82, 2.24) is 0 Å². The highest BCUT2D eigenvalue weighted by molar-refractivity contribution is 7.44. The number of carbonyl (C=O) groups excluding carboxylic acids is 1. The van der Waals surface area contributed by atoms with Crippen LogP contribution in [0.3, 0.4) is 0 Å². The topological polar surface area (TPSA) is 63.6 Å². The van der Waals surface area contributed by atoms with Crippen LogP contribution in [0.25, 0.3) is 0 Å². The number of ether oxygens (including phenoxy) is 1. The van der Waals surface area contributed by atoms with Gasteiger partial charge < -0.3 is 14.4 Å². The molecule has 0 aliphatic heterocycles. The normalized spacial score (nSPS) is 20.3. The Hall–Kier alpha value is -0.340. The summed E-state index contributed by atoms with van der Waals surface area (Å²) in [6, 6.07) is 0. The summed E-state index contributed by atoms with van der Waals surface area (Å²) < 4.78 is 16.6. The van der Waals surface area contributed by atoms with Gasteiger partial charge in [0, 0.05) is 12.6 Å². The fourth-order valence-electron chi connectivity index (χ4n) is 2.80. The van der Waals surface area contributed by atoms with Gasteiger partial charge in [-0.15, -0.1) is 0 Å². The van der Waals surface area contributed by atoms with E-state index in [4.69, 9.17) is 9.84 Å². The summed E-state index contributed by atoms with van der Waals surface area (Å²) in [6.07, 6.45) is 6.50. The second-order valence-electron chi connectivity index (χ2n) is 5.07. The molecule has 1 fully saturated rings. The molecule has 0 radical (unpaired) electrons. The van der Waals surface area contributed by atoms with Crippen LogP contribution < -0.4 is 0 Å². The van der Waals surface area contributed by atoms with E-state index < -0.39 is 7.80 Å². The van der Waals surface area contributed by atoms with Gasteiger partial charge in [-0.3, -0.25) is 4.79 Å². The quantitative estimate of drug-likeness (QED) is 0.573. The molecule has 1 aliphatic carbocycles. The van der Waals surface area contributed by atoms with E-state index in [0.29, 0.717) is 25.1 Å². The molecule has 0 bridgehead atoms. The maximum Gasteiger partial charge on any atom is 0.306 e. The maximum absolute atomic E-state index is 11.6. The monoisotopic (exact) mass is 276 g/mol. The van der Waals surface area contributed by atoms with E-state index in [1.54, 1.807) is 6.92 Å². The Labute approximate surface area is 110 Å². The minimum Gasteiger partial charge on any atom is -0.466 e. The summed E-state index contributed by atoms with van der Waals surface area (Å²) in [7, 11) is -1.94. The maximum atomic E-state index is 11.6. The van der Waals surface area contributed by atoms with E-state index in [2.05, 4.69) is 0 Å². The highest BCUT2D eigenvalue weighted by Gasteiger charge is 2.27. The van der Waals surface area contributed by atoms with E-state index in [0.717, 1.165) is 12.8 Å². The first kappa shape index (κ1) is 15.7. The summed E-state index contributed by atoms with van der Waals surface area (Å²) in [4.78, 5) is 11.6. The summed E-state index contributed by atoms with van der Waals surface area (Å²) in [6.45, 7) is 2.19. The lowest BCUT2D eigenvalue weighted by Crippen LogP contribution is -2.24. The number of aliphatic hydroxyl groups is 1. The fraction of sp³-hybridized carbons (Fsp3) is 0.923. The van der Waals surface area contributed by atoms with E-state index >= 15 is 0 Å². The lowest BCUT2D eigenvalue weighted by atomic mass is 9.79.